The van der Waals surface area contributed by atoms with Gasteiger partial charge in [-0.2, -0.15) is 0 Å². The Bertz CT molecular complexity index is 444. The number of hydrogen-bond acceptors (Lipinski definition) is 4. The monoisotopic (exact) mass is 250 g/mol. The highest BCUT2D eigenvalue weighted by Crippen LogP contribution is 2.09. The number of esters is 1. The minimum atomic E-state index is -0.832. The van der Waals surface area contributed by atoms with E-state index in [9.17, 15) is 9.59 Å². The van der Waals surface area contributed by atoms with Gasteiger partial charge in [-0.25, -0.2) is 4.79 Å². The highest BCUT2D eigenvalue weighted by molar-refractivity contribution is 5.92. The molecule has 0 bridgehead atoms. The molecule has 0 aliphatic carbocycles. The number of nitrogens with two attached hydrogens (primary N) is 1. The second-order valence-electron chi connectivity index (χ2n) is 4.34. The Morgan fingerprint density at radius 3 is 2.50 bits per heavy atom. The third-order valence-electron chi connectivity index (χ3n) is 2.21. The lowest BCUT2D eigenvalue weighted by Gasteiger charge is -2.15. The van der Waals surface area contributed by atoms with E-state index in [2.05, 4.69) is 5.32 Å². The number of rotatable bonds is 4. The van der Waals surface area contributed by atoms with Crippen LogP contribution in [0.25, 0.3) is 0 Å². The molecule has 1 atom stereocenters. The number of ether oxygens (including phenoxy) is 1. The Labute approximate surface area is 106 Å². The molecular weight excluding hydrogens is 232 g/mol. The van der Waals surface area contributed by atoms with Gasteiger partial charge in [-0.1, -0.05) is 6.07 Å². The van der Waals surface area contributed by atoms with Crippen molar-refractivity contribution < 1.29 is 14.3 Å². The predicted molar refractivity (Wildman–Crippen MR) is 69.0 cm³/mol. The summed E-state index contributed by atoms with van der Waals surface area (Å²) in [5, 5.41) is 2.67. The molecule has 0 aliphatic rings. The average Bonchev–Trinajstić information content (AvgIpc) is 2.27. The molecule has 0 aromatic heterocycles. The lowest BCUT2D eigenvalue weighted by molar-refractivity contribution is -0.129. The van der Waals surface area contributed by atoms with Gasteiger partial charge in [0.25, 0.3) is 5.91 Å². The Morgan fingerprint density at radius 2 is 1.94 bits per heavy atom. The van der Waals surface area contributed by atoms with Crippen LogP contribution in [0.4, 0.5) is 5.69 Å². The van der Waals surface area contributed by atoms with Crippen molar-refractivity contribution in [3.8, 4) is 0 Å². The summed E-state index contributed by atoms with van der Waals surface area (Å²) in [6.45, 7) is 5.20. The fourth-order valence-corrected chi connectivity index (χ4v) is 1.35. The smallest absolute Gasteiger partial charge is 0.338 e. The second-order valence-corrected chi connectivity index (χ2v) is 4.34. The maximum absolute atomic E-state index is 11.7. The van der Waals surface area contributed by atoms with Gasteiger partial charge >= 0.3 is 5.97 Å². The average molecular weight is 250 g/mol. The van der Waals surface area contributed by atoms with Crippen LogP contribution in [0.15, 0.2) is 24.3 Å². The highest BCUT2D eigenvalue weighted by Gasteiger charge is 2.19. The van der Waals surface area contributed by atoms with Crippen LogP contribution in [0.5, 0.6) is 0 Å². The number of nitrogen functional groups attached to an aromatic ring is 1. The van der Waals surface area contributed by atoms with E-state index in [1.807, 2.05) is 13.8 Å². The molecule has 5 heteroatoms. The number of carbonyl (C=O) groups excluding carboxylic acids is 2. The summed E-state index contributed by atoms with van der Waals surface area (Å²) in [4.78, 5) is 23.3. The van der Waals surface area contributed by atoms with Crippen LogP contribution in [0.1, 0.15) is 31.1 Å². The Hall–Kier alpha value is -2.04. The Balaban J connectivity index is 2.62. The van der Waals surface area contributed by atoms with Crippen molar-refractivity contribution in [3.05, 3.63) is 29.8 Å². The minimum Gasteiger partial charge on any atom is -0.449 e. The SMILES string of the molecule is CC(C)NC(=O)C(C)OC(=O)c1cccc(N)c1. The van der Waals surface area contributed by atoms with Gasteiger partial charge in [-0.3, -0.25) is 4.79 Å². The number of amides is 1. The van der Waals surface area contributed by atoms with Crippen molar-refractivity contribution in [2.75, 3.05) is 5.73 Å². The van der Waals surface area contributed by atoms with Gasteiger partial charge in [0.1, 0.15) is 0 Å². The lowest BCUT2D eigenvalue weighted by Crippen LogP contribution is -2.39. The first-order chi connectivity index (χ1) is 8.40. The van der Waals surface area contributed by atoms with Gasteiger partial charge in [0.15, 0.2) is 6.10 Å². The maximum atomic E-state index is 11.7. The van der Waals surface area contributed by atoms with Crippen molar-refractivity contribution in [3.63, 3.8) is 0 Å². The van der Waals surface area contributed by atoms with E-state index in [1.54, 1.807) is 18.2 Å². The fraction of sp³-hybridized carbons (Fsp3) is 0.385. The van der Waals surface area contributed by atoms with E-state index < -0.39 is 12.1 Å². The molecule has 0 saturated carbocycles. The topological polar surface area (TPSA) is 81.4 Å². The van der Waals surface area contributed by atoms with Gasteiger partial charge in [0.2, 0.25) is 0 Å². The van der Waals surface area contributed by atoms with Crippen molar-refractivity contribution >= 4 is 17.6 Å². The maximum Gasteiger partial charge on any atom is 0.338 e. The molecule has 0 heterocycles. The predicted octanol–water partition coefficient (Wildman–Crippen LogP) is 1.34. The number of hydrogen-bond donors (Lipinski definition) is 2. The molecule has 1 rings (SSSR count). The van der Waals surface area contributed by atoms with Crippen LogP contribution in [-0.2, 0) is 9.53 Å². The normalized spacial score (nSPS) is 12.0. The Morgan fingerprint density at radius 1 is 1.28 bits per heavy atom. The highest BCUT2D eigenvalue weighted by atomic mass is 16.5. The van der Waals surface area contributed by atoms with Crippen molar-refractivity contribution in [1.82, 2.24) is 5.32 Å². The Kier molecular flexibility index (Phi) is 4.71. The molecule has 3 N–H and O–H groups in total. The third-order valence-corrected chi connectivity index (χ3v) is 2.21. The molecule has 98 valence electrons. The molecular formula is C13H18N2O3. The molecule has 1 amide bonds. The summed E-state index contributed by atoms with van der Waals surface area (Å²) < 4.78 is 5.05. The van der Waals surface area contributed by atoms with E-state index in [4.69, 9.17) is 10.5 Å². The first kappa shape index (κ1) is 14.0. The fourth-order valence-electron chi connectivity index (χ4n) is 1.35. The van der Waals surface area contributed by atoms with E-state index in [-0.39, 0.29) is 11.9 Å². The number of carbonyl (C=O) groups is 2. The van der Waals surface area contributed by atoms with Crippen LogP contribution >= 0.6 is 0 Å². The molecule has 0 spiro atoms. The summed E-state index contributed by atoms with van der Waals surface area (Å²) in [6.07, 6.45) is -0.832. The van der Waals surface area contributed by atoms with E-state index in [0.717, 1.165) is 0 Å². The number of benzene rings is 1. The van der Waals surface area contributed by atoms with Crippen LogP contribution in [0.3, 0.4) is 0 Å². The van der Waals surface area contributed by atoms with Gasteiger partial charge in [-0.15, -0.1) is 0 Å². The zero-order valence-corrected chi connectivity index (χ0v) is 10.8. The largest absolute Gasteiger partial charge is 0.449 e. The van der Waals surface area contributed by atoms with Crippen molar-refractivity contribution in [2.24, 2.45) is 0 Å². The molecule has 18 heavy (non-hydrogen) atoms. The molecule has 5 nitrogen and oxygen atoms in total. The molecule has 0 aliphatic heterocycles. The minimum absolute atomic E-state index is 0.00558. The molecule has 0 radical (unpaired) electrons. The molecule has 1 unspecified atom stereocenters. The summed E-state index contributed by atoms with van der Waals surface area (Å²) in [6, 6.07) is 6.43. The van der Waals surface area contributed by atoms with Crippen molar-refractivity contribution in [2.45, 2.75) is 32.9 Å². The quantitative estimate of drug-likeness (QED) is 0.624. The summed E-state index contributed by atoms with van der Waals surface area (Å²) >= 11 is 0. The van der Waals surface area contributed by atoms with Gasteiger partial charge < -0.3 is 15.8 Å². The van der Waals surface area contributed by atoms with Crippen LogP contribution in [0, 0.1) is 0 Å². The summed E-state index contributed by atoms with van der Waals surface area (Å²) in [7, 11) is 0. The van der Waals surface area contributed by atoms with Gasteiger partial charge in [0, 0.05) is 11.7 Å². The van der Waals surface area contributed by atoms with Crippen LogP contribution in [0.2, 0.25) is 0 Å². The number of nitrogens with one attached hydrogen (secondary N) is 1. The number of anilines is 1. The molecule has 1 aromatic rings. The third kappa shape index (κ3) is 4.08. The van der Waals surface area contributed by atoms with E-state index in [1.165, 1.54) is 13.0 Å². The van der Waals surface area contributed by atoms with E-state index in [0.29, 0.717) is 11.3 Å². The zero-order chi connectivity index (χ0) is 13.7. The first-order valence-electron chi connectivity index (χ1n) is 5.77. The molecule has 0 saturated heterocycles. The standard InChI is InChI=1S/C13H18N2O3/c1-8(2)15-12(16)9(3)18-13(17)10-5-4-6-11(14)7-10/h4-9H,14H2,1-3H3,(H,15,16). The van der Waals surface area contributed by atoms with Crippen molar-refractivity contribution in [1.29, 1.82) is 0 Å². The van der Waals surface area contributed by atoms with E-state index >= 15 is 0 Å². The summed E-state index contributed by atoms with van der Waals surface area (Å²) in [5.74, 6) is -0.879. The first-order valence-corrected chi connectivity index (χ1v) is 5.77. The molecule has 0 fully saturated rings. The zero-order valence-electron chi connectivity index (χ0n) is 10.8. The van der Waals surface area contributed by atoms with Gasteiger partial charge in [-0.05, 0) is 39.0 Å². The second kappa shape index (κ2) is 6.05. The molecule has 1 aromatic carbocycles. The van der Waals surface area contributed by atoms with Crippen LogP contribution in [-0.4, -0.2) is 24.0 Å². The van der Waals surface area contributed by atoms with Gasteiger partial charge in [0.05, 0.1) is 5.56 Å². The van der Waals surface area contributed by atoms with Crippen LogP contribution < -0.4 is 11.1 Å². The summed E-state index contributed by atoms with van der Waals surface area (Å²) in [5.41, 5.74) is 6.37. The lowest BCUT2D eigenvalue weighted by atomic mass is 10.2.